The fraction of sp³-hybridized carbons (Fsp3) is 0.368. The molecule has 21 heavy (non-hydrogen) atoms. The van der Waals surface area contributed by atoms with Crippen LogP contribution in [0.3, 0.4) is 0 Å². The lowest BCUT2D eigenvalue weighted by Gasteiger charge is -2.17. The second-order valence-electron chi connectivity index (χ2n) is 5.75. The Morgan fingerprint density at radius 1 is 0.857 bits per heavy atom. The van der Waals surface area contributed by atoms with Crippen molar-refractivity contribution in [2.24, 2.45) is 0 Å². The molecule has 0 bridgehead atoms. The molecule has 0 amide bonds. The van der Waals surface area contributed by atoms with Gasteiger partial charge in [0, 0.05) is 0 Å². The Hall–Kier alpha value is -1.25. The summed E-state index contributed by atoms with van der Waals surface area (Å²) in [5.41, 5.74) is 5.43. The molecule has 1 nitrogen and oxygen atoms in total. The highest BCUT2D eigenvalue weighted by Gasteiger charge is 2.11. The molecule has 0 N–H and O–H groups in total. The van der Waals surface area contributed by atoms with Gasteiger partial charge in [0.2, 0.25) is 0 Å². The SMILES string of the molecule is Cc1ccc(CCC(CCOS)c2ccc(C)cc2)cc1. The first-order chi connectivity index (χ1) is 10.2. The van der Waals surface area contributed by atoms with Gasteiger partial charge < -0.3 is 4.18 Å². The Balaban J connectivity index is 2.02. The van der Waals surface area contributed by atoms with Crippen LogP contribution in [0.1, 0.15) is 41.0 Å². The van der Waals surface area contributed by atoms with Gasteiger partial charge in [-0.05, 0) is 63.1 Å². The first kappa shape index (κ1) is 16.1. The predicted molar refractivity (Wildman–Crippen MR) is 93.0 cm³/mol. The molecule has 0 aliphatic rings. The van der Waals surface area contributed by atoms with E-state index in [0.29, 0.717) is 12.5 Å². The summed E-state index contributed by atoms with van der Waals surface area (Å²) in [6.07, 6.45) is 3.26. The predicted octanol–water partition coefficient (Wildman–Crippen LogP) is 5.27. The maximum absolute atomic E-state index is 4.98. The lowest BCUT2D eigenvalue weighted by Crippen LogP contribution is -2.04. The molecule has 0 saturated carbocycles. The molecule has 0 aliphatic heterocycles. The maximum Gasteiger partial charge on any atom is 0.0616 e. The van der Waals surface area contributed by atoms with E-state index in [2.05, 4.69) is 75.3 Å². The Morgan fingerprint density at radius 3 is 2.00 bits per heavy atom. The largest absolute Gasteiger partial charge is 0.318 e. The van der Waals surface area contributed by atoms with Gasteiger partial charge in [0.15, 0.2) is 0 Å². The lowest BCUT2D eigenvalue weighted by molar-refractivity contribution is 0.347. The first-order valence-electron chi connectivity index (χ1n) is 7.57. The molecule has 0 spiro atoms. The molecule has 0 radical (unpaired) electrons. The molecule has 2 heteroatoms. The third kappa shape index (κ3) is 5.22. The molecular weight excluding hydrogens is 276 g/mol. The highest BCUT2D eigenvalue weighted by molar-refractivity contribution is 7.75. The van der Waals surface area contributed by atoms with E-state index in [4.69, 9.17) is 4.18 Å². The van der Waals surface area contributed by atoms with E-state index in [-0.39, 0.29) is 0 Å². The molecule has 0 aromatic heterocycles. The zero-order valence-electron chi connectivity index (χ0n) is 12.9. The molecule has 2 aromatic rings. The monoisotopic (exact) mass is 300 g/mol. The summed E-state index contributed by atoms with van der Waals surface area (Å²) in [5.74, 6) is 0.527. The van der Waals surface area contributed by atoms with Crippen LogP contribution in [-0.4, -0.2) is 6.61 Å². The van der Waals surface area contributed by atoms with Crippen molar-refractivity contribution in [1.29, 1.82) is 0 Å². The molecule has 0 saturated heterocycles. The number of aryl methyl sites for hydroxylation is 3. The Bertz CT molecular complexity index is 530. The third-order valence-electron chi connectivity index (χ3n) is 4.01. The number of rotatable bonds is 7. The van der Waals surface area contributed by atoms with Crippen molar-refractivity contribution in [2.75, 3.05) is 6.61 Å². The standard InChI is InChI=1S/C19H24OS/c1-15-3-7-17(8-4-15)9-12-19(13-14-20-21)18-10-5-16(2)6-11-18/h3-8,10-11,19,21H,9,12-14H2,1-2H3. The van der Waals surface area contributed by atoms with E-state index in [9.17, 15) is 0 Å². The van der Waals surface area contributed by atoms with Crippen molar-refractivity contribution in [3.8, 4) is 0 Å². The van der Waals surface area contributed by atoms with Crippen LogP contribution >= 0.6 is 12.9 Å². The average Bonchev–Trinajstić information content (AvgIpc) is 2.50. The summed E-state index contributed by atoms with van der Waals surface area (Å²) in [6.45, 7) is 4.94. The van der Waals surface area contributed by atoms with Crippen LogP contribution in [0, 0.1) is 13.8 Å². The second kappa shape index (κ2) is 8.26. The van der Waals surface area contributed by atoms with Gasteiger partial charge in [-0.25, -0.2) is 0 Å². The van der Waals surface area contributed by atoms with E-state index in [1.54, 1.807) is 0 Å². The minimum atomic E-state index is 0.527. The van der Waals surface area contributed by atoms with Crippen molar-refractivity contribution < 1.29 is 4.18 Å². The summed E-state index contributed by atoms with van der Waals surface area (Å²) in [6, 6.07) is 17.7. The van der Waals surface area contributed by atoms with Gasteiger partial charge in [-0.1, -0.05) is 59.7 Å². The van der Waals surface area contributed by atoms with E-state index in [0.717, 1.165) is 19.3 Å². The summed E-state index contributed by atoms with van der Waals surface area (Å²) in [5, 5.41) is 0. The Labute approximate surface area is 134 Å². The smallest absolute Gasteiger partial charge is 0.0616 e. The van der Waals surface area contributed by atoms with Crippen LogP contribution in [0.25, 0.3) is 0 Å². The van der Waals surface area contributed by atoms with E-state index >= 15 is 0 Å². The molecule has 2 aromatic carbocycles. The number of thiol groups is 1. The van der Waals surface area contributed by atoms with E-state index in [1.807, 2.05) is 0 Å². The molecule has 0 fully saturated rings. The molecule has 1 unspecified atom stereocenters. The van der Waals surface area contributed by atoms with E-state index < -0.39 is 0 Å². The first-order valence-corrected chi connectivity index (χ1v) is 7.94. The number of hydrogen-bond acceptors (Lipinski definition) is 2. The fourth-order valence-corrected chi connectivity index (χ4v) is 2.71. The van der Waals surface area contributed by atoms with Gasteiger partial charge in [0.1, 0.15) is 0 Å². The molecule has 1 atom stereocenters. The molecular formula is C19H24OS. The number of benzene rings is 2. The van der Waals surface area contributed by atoms with Crippen molar-refractivity contribution in [3.05, 3.63) is 70.8 Å². The quantitative estimate of drug-likeness (QED) is 0.541. The van der Waals surface area contributed by atoms with Gasteiger partial charge >= 0.3 is 0 Å². The van der Waals surface area contributed by atoms with Crippen LogP contribution in [0.2, 0.25) is 0 Å². The van der Waals surface area contributed by atoms with E-state index in [1.165, 1.54) is 22.3 Å². The number of hydrogen-bond donors (Lipinski definition) is 1. The van der Waals surface area contributed by atoms with Crippen molar-refractivity contribution >= 4 is 12.9 Å². The summed E-state index contributed by atoms with van der Waals surface area (Å²) >= 11 is 3.87. The van der Waals surface area contributed by atoms with Crippen LogP contribution < -0.4 is 0 Å². The summed E-state index contributed by atoms with van der Waals surface area (Å²) < 4.78 is 4.98. The van der Waals surface area contributed by atoms with Crippen LogP contribution in [0.15, 0.2) is 48.5 Å². The van der Waals surface area contributed by atoms with Crippen LogP contribution in [0.4, 0.5) is 0 Å². The minimum absolute atomic E-state index is 0.527. The maximum atomic E-state index is 4.98. The lowest BCUT2D eigenvalue weighted by atomic mass is 9.89. The highest BCUT2D eigenvalue weighted by Crippen LogP contribution is 2.26. The van der Waals surface area contributed by atoms with Crippen LogP contribution in [-0.2, 0) is 10.6 Å². The zero-order valence-corrected chi connectivity index (χ0v) is 13.8. The van der Waals surface area contributed by atoms with Crippen molar-refractivity contribution in [3.63, 3.8) is 0 Å². The Morgan fingerprint density at radius 2 is 1.43 bits per heavy atom. The average molecular weight is 300 g/mol. The summed E-state index contributed by atoms with van der Waals surface area (Å²) in [7, 11) is 0. The van der Waals surface area contributed by atoms with Crippen LogP contribution in [0.5, 0.6) is 0 Å². The second-order valence-corrected chi connectivity index (χ2v) is 6.01. The summed E-state index contributed by atoms with van der Waals surface area (Å²) in [4.78, 5) is 0. The minimum Gasteiger partial charge on any atom is -0.318 e. The van der Waals surface area contributed by atoms with Gasteiger partial charge in [-0.2, -0.15) is 0 Å². The normalized spacial score (nSPS) is 12.3. The van der Waals surface area contributed by atoms with Gasteiger partial charge in [0.25, 0.3) is 0 Å². The highest BCUT2D eigenvalue weighted by atomic mass is 32.1. The van der Waals surface area contributed by atoms with Gasteiger partial charge in [-0.3, -0.25) is 0 Å². The van der Waals surface area contributed by atoms with Gasteiger partial charge in [-0.15, -0.1) is 0 Å². The third-order valence-corrected chi connectivity index (χ3v) is 4.19. The molecule has 112 valence electrons. The topological polar surface area (TPSA) is 9.23 Å². The van der Waals surface area contributed by atoms with Crippen molar-refractivity contribution in [2.45, 2.75) is 39.0 Å². The van der Waals surface area contributed by atoms with Gasteiger partial charge in [0.05, 0.1) is 6.61 Å². The Kier molecular flexibility index (Phi) is 6.34. The zero-order chi connectivity index (χ0) is 15.1. The van der Waals surface area contributed by atoms with Crippen molar-refractivity contribution in [1.82, 2.24) is 0 Å². The fourth-order valence-electron chi connectivity index (χ4n) is 2.61. The molecule has 2 rings (SSSR count). The molecule has 0 heterocycles. The molecule has 0 aliphatic carbocycles.